The van der Waals surface area contributed by atoms with Crippen molar-refractivity contribution in [2.45, 2.75) is 26.4 Å². The van der Waals surface area contributed by atoms with Gasteiger partial charge in [0, 0.05) is 30.5 Å². The van der Waals surface area contributed by atoms with E-state index in [9.17, 15) is 19.7 Å². The molecule has 0 bridgehead atoms. The average molecular weight is 397 g/mol. The van der Waals surface area contributed by atoms with Crippen LogP contribution in [0.1, 0.15) is 23.8 Å². The van der Waals surface area contributed by atoms with Crippen LogP contribution in [0.3, 0.4) is 0 Å². The van der Waals surface area contributed by atoms with Gasteiger partial charge in [0.15, 0.2) is 0 Å². The van der Waals surface area contributed by atoms with Crippen LogP contribution in [0.25, 0.3) is 0 Å². The zero-order valence-corrected chi connectivity index (χ0v) is 15.6. The van der Waals surface area contributed by atoms with Gasteiger partial charge in [0.25, 0.3) is 5.91 Å². The largest absolute Gasteiger partial charge is 0.389 e. The predicted molar refractivity (Wildman–Crippen MR) is 104 cm³/mol. The molecule has 2 amide bonds. The molecule has 0 radical (unpaired) electrons. The van der Waals surface area contributed by atoms with Gasteiger partial charge in [-0.3, -0.25) is 14.3 Å². The van der Waals surface area contributed by atoms with Gasteiger partial charge in [-0.1, -0.05) is 6.07 Å². The minimum atomic E-state index is -0.593. The van der Waals surface area contributed by atoms with E-state index < -0.39 is 4.92 Å². The molecule has 0 aliphatic heterocycles. The number of carbonyl (C=O) groups is 2. The van der Waals surface area contributed by atoms with E-state index in [1.54, 1.807) is 41.2 Å². The second-order valence-corrected chi connectivity index (χ2v) is 6.06. The van der Waals surface area contributed by atoms with Crippen LogP contribution in [0.2, 0.25) is 0 Å². The van der Waals surface area contributed by atoms with E-state index in [1.807, 2.05) is 6.92 Å². The molecule has 2 N–H and O–H groups in total. The summed E-state index contributed by atoms with van der Waals surface area (Å²) < 4.78 is 2.92. The third kappa shape index (κ3) is 5.03. The van der Waals surface area contributed by atoms with Crippen molar-refractivity contribution in [3.05, 3.63) is 64.6 Å². The molecule has 3 rings (SSSR count). The summed E-state index contributed by atoms with van der Waals surface area (Å²) >= 11 is 0. The number of hydrogen-bond donors (Lipinski definition) is 2. The molecule has 2 heterocycles. The second-order valence-electron chi connectivity index (χ2n) is 6.06. The van der Waals surface area contributed by atoms with E-state index in [-0.39, 0.29) is 30.6 Å². The lowest BCUT2D eigenvalue weighted by Crippen LogP contribution is -2.18. The molecule has 1 aromatic carbocycles. The number of hydrogen-bond acceptors (Lipinski definition) is 6. The third-order valence-corrected chi connectivity index (χ3v) is 4.03. The lowest BCUT2D eigenvalue weighted by atomic mass is 10.2. The van der Waals surface area contributed by atoms with E-state index >= 15 is 0 Å². The first kappa shape index (κ1) is 19.7. The maximum absolute atomic E-state index is 12.4. The molecular formula is C18H19N7O4. The number of aromatic nitrogens is 4. The van der Waals surface area contributed by atoms with Gasteiger partial charge in [0.2, 0.25) is 5.91 Å². The minimum Gasteiger partial charge on any atom is -0.358 e. The lowest BCUT2D eigenvalue weighted by molar-refractivity contribution is -0.389. The van der Waals surface area contributed by atoms with Gasteiger partial charge in [0.05, 0.1) is 23.9 Å². The van der Waals surface area contributed by atoms with Gasteiger partial charge in [-0.25, -0.2) is 0 Å². The Hall–Kier alpha value is -4.02. The minimum absolute atomic E-state index is 0.0884. The van der Waals surface area contributed by atoms with Crippen molar-refractivity contribution >= 4 is 29.0 Å². The number of carbonyl (C=O) groups excluding carboxylic acids is 2. The number of rotatable bonds is 8. The monoisotopic (exact) mass is 397 g/mol. The molecule has 29 heavy (non-hydrogen) atoms. The highest BCUT2D eigenvalue weighted by Crippen LogP contribution is 2.16. The Morgan fingerprint density at radius 1 is 1.17 bits per heavy atom. The Morgan fingerprint density at radius 3 is 2.62 bits per heavy atom. The number of nitrogens with one attached hydrogen (secondary N) is 2. The molecule has 0 atom stereocenters. The summed E-state index contributed by atoms with van der Waals surface area (Å²) in [7, 11) is 0. The molecule has 0 saturated heterocycles. The van der Waals surface area contributed by atoms with Crippen molar-refractivity contribution in [2.24, 2.45) is 0 Å². The molecule has 11 nitrogen and oxygen atoms in total. The van der Waals surface area contributed by atoms with Crippen LogP contribution in [0.5, 0.6) is 0 Å². The van der Waals surface area contributed by atoms with Crippen LogP contribution in [0, 0.1) is 10.1 Å². The van der Waals surface area contributed by atoms with Gasteiger partial charge in [-0.15, -0.1) is 0 Å². The molecule has 0 unspecified atom stereocenters. The predicted octanol–water partition coefficient (Wildman–Crippen LogP) is 2.29. The summed E-state index contributed by atoms with van der Waals surface area (Å²) in [5, 5.41) is 24.0. The fourth-order valence-corrected chi connectivity index (χ4v) is 2.66. The fourth-order valence-electron chi connectivity index (χ4n) is 2.66. The second kappa shape index (κ2) is 8.78. The molecule has 2 aromatic heterocycles. The maximum Gasteiger partial charge on any atom is 0.389 e. The van der Waals surface area contributed by atoms with Crippen LogP contribution in [-0.2, 0) is 17.9 Å². The van der Waals surface area contributed by atoms with Gasteiger partial charge < -0.3 is 20.7 Å². The fraction of sp³-hybridized carbons (Fsp3) is 0.222. The molecule has 0 aliphatic carbocycles. The molecule has 3 aromatic rings. The van der Waals surface area contributed by atoms with Crippen molar-refractivity contribution in [1.29, 1.82) is 0 Å². The Balaban J connectivity index is 1.56. The highest BCUT2D eigenvalue weighted by atomic mass is 16.6. The van der Waals surface area contributed by atoms with E-state index in [4.69, 9.17) is 0 Å². The van der Waals surface area contributed by atoms with E-state index in [1.165, 1.54) is 16.9 Å². The number of anilines is 2. The van der Waals surface area contributed by atoms with Crippen molar-refractivity contribution < 1.29 is 14.5 Å². The molecule has 0 fully saturated rings. The summed E-state index contributed by atoms with van der Waals surface area (Å²) in [6.45, 7) is 2.67. The molecule has 0 spiro atoms. The van der Waals surface area contributed by atoms with Gasteiger partial charge in [-0.2, -0.15) is 9.78 Å². The van der Waals surface area contributed by atoms with E-state index in [0.29, 0.717) is 23.6 Å². The summed E-state index contributed by atoms with van der Waals surface area (Å²) in [5.41, 5.74) is 1.48. The van der Waals surface area contributed by atoms with Crippen LogP contribution < -0.4 is 10.6 Å². The summed E-state index contributed by atoms with van der Waals surface area (Å²) in [5.74, 6) is -0.845. The van der Waals surface area contributed by atoms with E-state index in [0.717, 1.165) is 0 Å². The zero-order chi connectivity index (χ0) is 20.8. The summed E-state index contributed by atoms with van der Waals surface area (Å²) in [6, 6.07) is 9.66. The first-order chi connectivity index (χ1) is 14.0. The van der Waals surface area contributed by atoms with Crippen LogP contribution in [-0.4, -0.2) is 36.3 Å². The zero-order valence-electron chi connectivity index (χ0n) is 15.6. The van der Waals surface area contributed by atoms with Crippen LogP contribution in [0.15, 0.2) is 48.8 Å². The topological polar surface area (TPSA) is 137 Å². The molecule has 0 aliphatic rings. The Morgan fingerprint density at radius 2 is 1.93 bits per heavy atom. The Kier molecular flexibility index (Phi) is 5.97. The molecule has 11 heteroatoms. The SMILES string of the molecule is CCn1nccc1C(=O)Nc1cccc(NC(=O)CCn2ccc([N+](=O)[O-])n2)c1. The van der Waals surface area contributed by atoms with E-state index in [2.05, 4.69) is 20.8 Å². The van der Waals surface area contributed by atoms with Crippen molar-refractivity contribution in [3.63, 3.8) is 0 Å². The first-order valence-corrected chi connectivity index (χ1v) is 8.87. The lowest BCUT2D eigenvalue weighted by Gasteiger charge is -2.09. The van der Waals surface area contributed by atoms with Gasteiger partial charge in [0.1, 0.15) is 5.69 Å². The average Bonchev–Trinajstić information content (AvgIpc) is 3.36. The smallest absolute Gasteiger partial charge is 0.358 e. The third-order valence-electron chi connectivity index (χ3n) is 4.03. The standard InChI is InChI=1S/C18H19N7O4/c1-2-24-15(6-9-19-24)18(27)21-14-5-3-4-13(12-14)20-17(26)8-11-23-10-7-16(22-23)25(28)29/h3-7,9-10,12H,2,8,11H2,1H3,(H,20,26)(H,21,27). The number of aryl methyl sites for hydroxylation is 2. The summed E-state index contributed by atoms with van der Waals surface area (Å²) in [6.07, 6.45) is 3.09. The number of amides is 2. The van der Waals surface area contributed by atoms with Crippen molar-refractivity contribution in [3.8, 4) is 0 Å². The Bertz CT molecular complexity index is 1040. The summed E-state index contributed by atoms with van der Waals surface area (Å²) in [4.78, 5) is 34.6. The van der Waals surface area contributed by atoms with Gasteiger partial charge in [-0.05, 0) is 36.1 Å². The van der Waals surface area contributed by atoms with Crippen LogP contribution in [0.4, 0.5) is 17.2 Å². The molecule has 0 saturated carbocycles. The van der Waals surface area contributed by atoms with Crippen molar-refractivity contribution in [2.75, 3.05) is 10.6 Å². The first-order valence-electron chi connectivity index (χ1n) is 8.87. The Labute approximate surface area is 165 Å². The van der Waals surface area contributed by atoms with Crippen molar-refractivity contribution in [1.82, 2.24) is 19.6 Å². The molecule has 150 valence electrons. The maximum atomic E-state index is 12.4. The normalized spacial score (nSPS) is 10.5. The number of nitro groups is 1. The number of benzene rings is 1. The number of nitrogens with zero attached hydrogens (tertiary/aromatic N) is 5. The highest BCUT2D eigenvalue weighted by Gasteiger charge is 2.13. The van der Waals surface area contributed by atoms with Gasteiger partial charge >= 0.3 is 5.82 Å². The quantitative estimate of drug-likeness (QED) is 0.442. The highest BCUT2D eigenvalue weighted by molar-refractivity contribution is 6.03. The molecular weight excluding hydrogens is 378 g/mol. The van der Waals surface area contributed by atoms with Crippen LogP contribution >= 0.6 is 0 Å².